The van der Waals surface area contributed by atoms with Crippen LogP contribution in [0.4, 0.5) is 0 Å². The van der Waals surface area contributed by atoms with Gasteiger partial charge in [-0.1, -0.05) is 35.2 Å². The van der Waals surface area contributed by atoms with Crippen molar-refractivity contribution in [2.24, 2.45) is 0 Å². The zero-order valence-corrected chi connectivity index (χ0v) is 15.1. The summed E-state index contributed by atoms with van der Waals surface area (Å²) in [5.74, 6) is 0.307. The molecule has 0 atom stereocenters. The van der Waals surface area contributed by atoms with Gasteiger partial charge in [-0.15, -0.1) is 0 Å². The van der Waals surface area contributed by atoms with Gasteiger partial charge in [-0.3, -0.25) is 10.1 Å². The summed E-state index contributed by atoms with van der Waals surface area (Å²) in [6.07, 6.45) is 5.93. The summed E-state index contributed by atoms with van der Waals surface area (Å²) in [7, 11) is 0. The lowest BCUT2D eigenvalue weighted by Crippen LogP contribution is -2.45. The number of carbonyl (C=O) groups is 1. The first-order chi connectivity index (χ1) is 10.6. The molecule has 22 heavy (non-hydrogen) atoms. The van der Waals surface area contributed by atoms with Gasteiger partial charge in [0, 0.05) is 10.5 Å². The second kappa shape index (κ2) is 8.48. The van der Waals surface area contributed by atoms with Crippen LogP contribution < -0.4 is 15.4 Å². The Morgan fingerprint density at radius 1 is 1.36 bits per heavy atom. The topological polar surface area (TPSA) is 50.4 Å². The largest absolute Gasteiger partial charge is 0.493 e. The number of ether oxygens (including phenoxy) is 1. The van der Waals surface area contributed by atoms with Crippen molar-refractivity contribution in [2.75, 3.05) is 6.61 Å². The molecule has 0 radical (unpaired) electrons. The third-order valence-electron chi connectivity index (χ3n) is 3.65. The van der Waals surface area contributed by atoms with E-state index in [4.69, 9.17) is 17.0 Å². The maximum atomic E-state index is 12.4. The fourth-order valence-electron chi connectivity index (χ4n) is 2.60. The lowest BCUT2D eigenvalue weighted by atomic mass is 9.96. The predicted molar refractivity (Wildman–Crippen MR) is 95.4 cm³/mol. The zero-order valence-electron chi connectivity index (χ0n) is 12.7. The maximum absolute atomic E-state index is 12.4. The molecule has 1 fully saturated rings. The molecule has 0 aliphatic heterocycles. The second-order valence-electron chi connectivity index (χ2n) is 5.34. The van der Waals surface area contributed by atoms with Crippen LogP contribution in [0, 0.1) is 0 Å². The number of halogens is 1. The fourth-order valence-corrected chi connectivity index (χ4v) is 3.22. The van der Waals surface area contributed by atoms with Gasteiger partial charge in [0.15, 0.2) is 5.11 Å². The normalized spacial score (nSPS) is 15.2. The van der Waals surface area contributed by atoms with Gasteiger partial charge >= 0.3 is 0 Å². The van der Waals surface area contributed by atoms with E-state index in [1.165, 1.54) is 19.3 Å². The quantitative estimate of drug-likeness (QED) is 0.775. The van der Waals surface area contributed by atoms with E-state index in [0.717, 1.165) is 17.3 Å². The molecule has 0 saturated heterocycles. The standard InChI is InChI=1S/C16H21BrN2O2S/c1-2-21-14-9-8-11(17)10-13(14)15(20)19-16(22)18-12-6-4-3-5-7-12/h8-10,12H,2-7H2,1H3,(H2,18,19,20,22). The van der Waals surface area contributed by atoms with Crippen molar-refractivity contribution in [1.82, 2.24) is 10.6 Å². The number of nitrogens with one attached hydrogen (secondary N) is 2. The summed E-state index contributed by atoms with van der Waals surface area (Å²) in [4.78, 5) is 12.4. The second-order valence-corrected chi connectivity index (χ2v) is 6.66. The number of thiocarbonyl (C=S) groups is 1. The number of benzene rings is 1. The molecule has 0 aromatic heterocycles. The number of hydrogen-bond donors (Lipinski definition) is 2. The van der Waals surface area contributed by atoms with Crippen molar-refractivity contribution in [2.45, 2.75) is 45.1 Å². The number of hydrogen-bond acceptors (Lipinski definition) is 3. The Kier molecular flexibility index (Phi) is 6.64. The molecule has 6 heteroatoms. The molecule has 0 heterocycles. The molecule has 0 bridgehead atoms. The minimum atomic E-state index is -0.252. The maximum Gasteiger partial charge on any atom is 0.261 e. The molecular formula is C16H21BrN2O2S. The third-order valence-corrected chi connectivity index (χ3v) is 4.37. The lowest BCUT2D eigenvalue weighted by molar-refractivity contribution is 0.0972. The smallest absolute Gasteiger partial charge is 0.261 e. The molecule has 1 amide bonds. The van der Waals surface area contributed by atoms with E-state index < -0.39 is 0 Å². The molecule has 1 saturated carbocycles. The minimum Gasteiger partial charge on any atom is -0.493 e. The molecule has 1 aliphatic carbocycles. The summed E-state index contributed by atoms with van der Waals surface area (Å²) in [6, 6.07) is 5.74. The predicted octanol–water partition coefficient (Wildman–Crippen LogP) is 3.78. The van der Waals surface area contributed by atoms with Gasteiger partial charge in [-0.05, 0) is 50.2 Å². The molecule has 2 rings (SSSR count). The lowest BCUT2D eigenvalue weighted by Gasteiger charge is -2.24. The van der Waals surface area contributed by atoms with E-state index >= 15 is 0 Å². The van der Waals surface area contributed by atoms with Gasteiger partial charge < -0.3 is 10.1 Å². The number of amides is 1. The van der Waals surface area contributed by atoms with Crippen LogP contribution in [0.15, 0.2) is 22.7 Å². The average molecular weight is 385 g/mol. The Labute approximate surface area is 145 Å². The summed E-state index contributed by atoms with van der Waals surface area (Å²) in [5, 5.41) is 6.37. The highest BCUT2D eigenvalue weighted by Gasteiger charge is 2.17. The Balaban J connectivity index is 1.98. The van der Waals surface area contributed by atoms with Gasteiger partial charge in [0.1, 0.15) is 5.75 Å². The van der Waals surface area contributed by atoms with Crippen molar-refractivity contribution in [3.63, 3.8) is 0 Å². The molecule has 0 unspecified atom stereocenters. The van der Waals surface area contributed by atoms with E-state index in [1.807, 2.05) is 13.0 Å². The molecule has 4 nitrogen and oxygen atoms in total. The molecule has 1 aromatic carbocycles. The van der Waals surface area contributed by atoms with Crippen LogP contribution in [0.5, 0.6) is 5.75 Å². The number of rotatable bonds is 4. The highest BCUT2D eigenvalue weighted by molar-refractivity contribution is 9.10. The van der Waals surface area contributed by atoms with Crippen LogP contribution in [0.25, 0.3) is 0 Å². The van der Waals surface area contributed by atoms with Gasteiger partial charge in [0.25, 0.3) is 5.91 Å². The van der Waals surface area contributed by atoms with Gasteiger partial charge in [-0.25, -0.2) is 0 Å². The highest BCUT2D eigenvalue weighted by atomic mass is 79.9. The van der Waals surface area contributed by atoms with E-state index in [0.29, 0.717) is 29.1 Å². The highest BCUT2D eigenvalue weighted by Crippen LogP contribution is 2.23. The van der Waals surface area contributed by atoms with E-state index in [9.17, 15) is 4.79 Å². The van der Waals surface area contributed by atoms with Crippen LogP contribution in [0.2, 0.25) is 0 Å². The van der Waals surface area contributed by atoms with Gasteiger partial charge in [-0.2, -0.15) is 0 Å². The monoisotopic (exact) mass is 384 g/mol. The van der Waals surface area contributed by atoms with Gasteiger partial charge in [0.2, 0.25) is 0 Å². The van der Waals surface area contributed by atoms with Crippen molar-refractivity contribution < 1.29 is 9.53 Å². The van der Waals surface area contributed by atoms with Crippen molar-refractivity contribution in [3.8, 4) is 5.75 Å². The summed E-state index contributed by atoms with van der Waals surface area (Å²) < 4.78 is 6.33. The van der Waals surface area contributed by atoms with E-state index in [1.54, 1.807) is 12.1 Å². The molecular weight excluding hydrogens is 364 g/mol. The van der Waals surface area contributed by atoms with Crippen LogP contribution in [0.1, 0.15) is 49.4 Å². The minimum absolute atomic E-state index is 0.252. The van der Waals surface area contributed by atoms with Gasteiger partial charge in [0.05, 0.1) is 12.2 Å². The Morgan fingerprint density at radius 2 is 2.09 bits per heavy atom. The Bertz CT molecular complexity index is 545. The molecule has 0 spiro atoms. The first-order valence-corrected chi connectivity index (χ1v) is 8.84. The average Bonchev–Trinajstić information content (AvgIpc) is 2.50. The molecule has 2 N–H and O–H groups in total. The van der Waals surface area contributed by atoms with Crippen LogP contribution in [-0.2, 0) is 0 Å². The van der Waals surface area contributed by atoms with Crippen molar-refractivity contribution in [3.05, 3.63) is 28.2 Å². The first kappa shape index (κ1) is 17.2. The van der Waals surface area contributed by atoms with E-state index in [2.05, 4.69) is 26.6 Å². The molecule has 1 aliphatic rings. The zero-order chi connectivity index (χ0) is 15.9. The van der Waals surface area contributed by atoms with E-state index in [-0.39, 0.29) is 5.91 Å². The first-order valence-electron chi connectivity index (χ1n) is 7.64. The van der Waals surface area contributed by atoms with Crippen molar-refractivity contribution >= 4 is 39.2 Å². The van der Waals surface area contributed by atoms with Crippen LogP contribution >= 0.6 is 28.1 Å². The molecule has 120 valence electrons. The Morgan fingerprint density at radius 3 is 2.77 bits per heavy atom. The summed E-state index contributed by atoms with van der Waals surface area (Å²) in [6.45, 7) is 2.39. The van der Waals surface area contributed by atoms with Crippen molar-refractivity contribution in [1.29, 1.82) is 0 Å². The summed E-state index contributed by atoms with van der Waals surface area (Å²) in [5.41, 5.74) is 0.476. The molecule has 1 aromatic rings. The third kappa shape index (κ3) is 4.95. The summed E-state index contributed by atoms with van der Waals surface area (Å²) >= 11 is 8.63. The van der Waals surface area contributed by atoms with Crippen LogP contribution in [0.3, 0.4) is 0 Å². The fraction of sp³-hybridized carbons (Fsp3) is 0.500. The Hall–Kier alpha value is -1.14. The number of carbonyl (C=O) groups excluding carboxylic acids is 1. The SMILES string of the molecule is CCOc1ccc(Br)cc1C(=O)NC(=S)NC1CCCCC1. The van der Waals surface area contributed by atoms with Crippen LogP contribution in [-0.4, -0.2) is 23.7 Å².